The van der Waals surface area contributed by atoms with E-state index in [1.54, 1.807) is 12.3 Å². The van der Waals surface area contributed by atoms with Crippen molar-refractivity contribution in [1.29, 1.82) is 0 Å². The zero-order chi connectivity index (χ0) is 8.27. The van der Waals surface area contributed by atoms with Crippen molar-refractivity contribution in [1.82, 2.24) is 4.98 Å². The third kappa shape index (κ3) is 1.77. The van der Waals surface area contributed by atoms with E-state index in [1.807, 2.05) is 6.92 Å². The maximum absolute atomic E-state index is 10.3. The van der Waals surface area contributed by atoms with E-state index in [0.717, 1.165) is 17.4 Å². The van der Waals surface area contributed by atoms with Crippen LogP contribution in [0.5, 0.6) is 0 Å². The lowest BCUT2D eigenvalue weighted by atomic mass is 10.1. The molecule has 0 atom stereocenters. The van der Waals surface area contributed by atoms with Gasteiger partial charge in [0.2, 0.25) is 0 Å². The topological polar surface area (TPSA) is 30.0 Å². The first-order valence-electron chi connectivity index (χ1n) is 3.24. The summed E-state index contributed by atoms with van der Waals surface area (Å²) < 4.78 is 0. The molecule has 0 unspecified atom stereocenters. The highest BCUT2D eigenvalue weighted by Crippen LogP contribution is 2.09. The summed E-state index contributed by atoms with van der Waals surface area (Å²) in [6.45, 7) is 1.92. The molecule has 0 aliphatic rings. The highest BCUT2D eigenvalue weighted by atomic mass is 35.5. The normalized spacial score (nSPS) is 9.64. The van der Waals surface area contributed by atoms with Crippen molar-refractivity contribution in [2.24, 2.45) is 0 Å². The Hall–Kier alpha value is -0.890. The van der Waals surface area contributed by atoms with Crippen molar-refractivity contribution in [2.75, 3.05) is 0 Å². The summed E-state index contributed by atoms with van der Waals surface area (Å²) in [6, 6.07) is 1.70. The molecule has 0 saturated carbocycles. The van der Waals surface area contributed by atoms with Crippen LogP contribution in [0.3, 0.4) is 0 Å². The first-order chi connectivity index (χ1) is 5.27. The molecular weight excluding hydrogens is 162 g/mol. The summed E-state index contributed by atoms with van der Waals surface area (Å²) in [6.07, 6.45) is 2.37. The predicted molar refractivity (Wildman–Crippen MR) is 43.9 cm³/mol. The average molecular weight is 170 g/mol. The molecule has 2 nitrogen and oxygen atoms in total. The average Bonchev–Trinajstić information content (AvgIpc) is 2.05. The Kier molecular flexibility index (Phi) is 2.60. The maximum Gasteiger partial charge on any atom is 0.168 e. The van der Waals surface area contributed by atoms with Crippen LogP contribution < -0.4 is 0 Å². The summed E-state index contributed by atoms with van der Waals surface area (Å²) in [4.78, 5) is 14.2. The molecule has 0 aromatic carbocycles. The standard InChI is InChI=1S/C8H8ClNO/c1-6-4-10-8(5-11)2-7(6)3-9/h2,4-5H,3H2,1H3. The van der Waals surface area contributed by atoms with E-state index in [-0.39, 0.29) is 0 Å². The number of aryl methyl sites for hydroxylation is 1. The first kappa shape index (κ1) is 8.21. The Balaban J connectivity index is 3.12. The molecular formula is C8H8ClNO. The van der Waals surface area contributed by atoms with Crippen molar-refractivity contribution < 1.29 is 4.79 Å². The van der Waals surface area contributed by atoms with Crippen molar-refractivity contribution in [3.05, 3.63) is 29.1 Å². The molecule has 58 valence electrons. The van der Waals surface area contributed by atoms with Crippen molar-refractivity contribution in [3.8, 4) is 0 Å². The Morgan fingerprint density at radius 2 is 2.45 bits per heavy atom. The molecule has 0 aliphatic carbocycles. The van der Waals surface area contributed by atoms with Crippen LogP contribution in [-0.4, -0.2) is 11.3 Å². The second-order valence-corrected chi connectivity index (χ2v) is 2.55. The van der Waals surface area contributed by atoms with E-state index >= 15 is 0 Å². The maximum atomic E-state index is 10.3. The summed E-state index contributed by atoms with van der Waals surface area (Å²) >= 11 is 5.62. The molecule has 1 aromatic rings. The minimum Gasteiger partial charge on any atom is -0.296 e. The van der Waals surface area contributed by atoms with Crippen molar-refractivity contribution in [2.45, 2.75) is 12.8 Å². The Labute approximate surface area is 70.2 Å². The lowest BCUT2D eigenvalue weighted by molar-refractivity contribution is 0.111. The molecule has 0 radical (unpaired) electrons. The largest absolute Gasteiger partial charge is 0.296 e. The molecule has 0 N–H and O–H groups in total. The summed E-state index contributed by atoms with van der Waals surface area (Å²) in [5.74, 6) is 0.426. The van der Waals surface area contributed by atoms with E-state index < -0.39 is 0 Å². The molecule has 0 spiro atoms. The molecule has 0 bridgehead atoms. The number of hydrogen-bond donors (Lipinski definition) is 0. The second kappa shape index (κ2) is 3.49. The molecule has 1 aromatic heterocycles. The number of alkyl halides is 1. The molecule has 0 aliphatic heterocycles. The Morgan fingerprint density at radius 1 is 1.73 bits per heavy atom. The fraction of sp³-hybridized carbons (Fsp3) is 0.250. The molecule has 3 heteroatoms. The predicted octanol–water partition coefficient (Wildman–Crippen LogP) is 1.94. The van der Waals surface area contributed by atoms with Gasteiger partial charge in [0.1, 0.15) is 5.69 Å². The van der Waals surface area contributed by atoms with Crippen molar-refractivity contribution >= 4 is 17.9 Å². The van der Waals surface area contributed by atoms with Crippen LogP contribution in [0.1, 0.15) is 21.6 Å². The van der Waals surface area contributed by atoms with Gasteiger partial charge >= 0.3 is 0 Å². The van der Waals surface area contributed by atoms with Crippen LogP contribution in [0.25, 0.3) is 0 Å². The smallest absolute Gasteiger partial charge is 0.168 e. The third-order valence-electron chi connectivity index (χ3n) is 1.50. The number of rotatable bonds is 2. The van der Waals surface area contributed by atoms with Gasteiger partial charge in [-0.15, -0.1) is 11.6 Å². The first-order valence-corrected chi connectivity index (χ1v) is 3.78. The van der Waals surface area contributed by atoms with Crippen LogP contribution in [0.2, 0.25) is 0 Å². The molecule has 11 heavy (non-hydrogen) atoms. The minimum absolute atomic E-state index is 0.426. The molecule has 0 amide bonds. The SMILES string of the molecule is Cc1cnc(C=O)cc1CCl. The molecule has 1 rings (SSSR count). The van der Waals surface area contributed by atoms with Gasteiger partial charge in [-0.05, 0) is 24.1 Å². The van der Waals surface area contributed by atoms with Gasteiger partial charge in [-0.1, -0.05) is 0 Å². The van der Waals surface area contributed by atoms with E-state index in [2.05, 4.69) is 4.98 Å². The lowest BCUT2D eigenvalue weighted by Gasteiger charge is -1.99. The monoisotopic (exact) mass is 169 g/mol. The van der Waals surface area contributed by atoms with Crippen LogP contribution >= 0.6 is 11.6 Å². The highest BCUT2D eigenvalue weighted by molar-refractivity contribution is 6.17. The number of aromatic nitrogens is 1. The Bertz CT molecular complexity index is 273. The van der Waals surface area contributed by atoms with Crippen LogP contribution in [0.4, 0.5) is 0 Å². The number of halogens is 1. The minimum atomic E-state index is 0.426. The van der Waals surface area contributed by atoms with Crippen LogP contribution in [0, 0.1) is 6.92 Å². The number of pyridine rings is 1. The lowest BCUT2D eigenvalue weighted by Crippen LogP contribution is -1.92. The van der Waals surface area contributed by atoms with Gasteiger partial charge in [-0.3, -0.25) is 9.78 Å². The van der Waals surface area contributed by atoms with Gasteiger partial charge in [-0.25, -0.2) is 0 Å². The quantitative estimate of drug-likeness (QED) is 0.500. The molecule has 0 fully saturated rings. The van der Waals surface area contributed by atoms with Gasteiger partial charge in [0.25, 0.3) is 0 Å². The van der Waals surface area contributed by atoms with Gasteiger partial charge in [0, 0.05) is 12.1 Å². The zero-order valence-corrected chi connectivity index (χ0v) is 6.93. The van der Waals surface area contributed by atoms with Crippen molar-refractivity contribution in [3.63, 3.8) is 0 Å². The zero-order valence-electron chi connectivity index (χ0n) is 6.17. The number of hydrogen-bond acceptors (Lipinski definition) is 2. The summed E-state index contributed by atoms with van der Waals surface area (Å²) in [7, 11) is 0. The van der Waals surface area contributed by atoms with E-state index in [1.165, 1.54) is 0 Å². The summed E-state index contributed by atoms with van der Waals surface area (Å²) in [5, 5.41) is 0. The number of nitrogens with zero attached hydrogens (tertiary/aromatic N) is 1. The van der Waals surface area contributed by atoms with Crippen LogP contribution in [-0.2, 0) is 5.88 Å². The highest BCUT2D eigenvalue weighted by Gasteiger charge is 1.98. The number of carbonyl (C=O) groups excluding carboxylic acids is 1. The number of aldehydes is 1. The second-order valence-electron chi connectivity index (χ2n) is 2.29. The molecule has 0 saturated heterocycles. The fourth-order valence-electron chi connectivity index (χ4n) is 0.792. The summed E-state index contributed by atoms with van der Waals surface area (Å²) in [5.41, 5.74) is 2.42. The van der Waals surface area contributed by atoms with E-state index in [4.69, 9.17) is 11.6 Å². The van der Waals surface area contributed by atoms with Gasteiger partial charge < -0.3 is 0 Å². The van der Waals surface area contributed by atoms with Gasteiger partial charge in [0.15, 0.2) is 6.29 Å². The number of carbonyl (C=O) groups is 1. The fourth-order valence-corrected chi connectivity index (χ4v) is 1.08. The Morgan fingerprint density at radius 3 is 3.00 bits per heavy atom. The van der Waals surface area contributed by atoms with Gasteiger partial charge in [-0.2, -0.15) is 0 Å². The van der Waals surface area contributed by atoms with Crippen LogP contribution in [0.15, 0.2) is 12.3 Å². The van der Waals surface area contributed by atoms with E-state index in [0.29, 0.717) is 11.6 Å². The molecule has 1 heterocycles. The van der Waals surface area contributed by atoms with E-state index in [9.17, 15) is 4.79 Å². The van der Waals surface area contributed by atoms with Gasteiger partial charge in [0.05, 0.1) is 0 Å². The third-order valence-corrected chi connectivity index (χ3v) is 1.79.